The monoisotopic (exact) mass is 503 g/mol. The summed E-state index contributed by atoms with van der Waals surface area (Å²) >= 11 is 3.38. The number of hydrazone groups is 1. The molecule has 0 aliphatic rings. The summed E-state index contributed by atoms with van der Waals surface area (Å²) in [5, 5.41) is 3.89. The van der Waals surface area contributed by atoms with Gasteiger partial charge in [-0.3, -0.25) is 9.10 Å². The highest BCUT2D eigenvalue weighted by Gasteiger charge is 2.27. The summed E-state index contributed by atoms with van der Waals surface area (Å²) in [6.07, 6.45) is 1.44. The van der Waals surface area contributed by atoms with Gasteiger partial charge in [-0.15, -0.1) is 0 Å². The van der Waals surface area contributed by atoms with Crippen LogP contribution in [0.15, 0.2) is 87.3 Å². The predicted molar refractivity (Wildman–Crippen MR) is 122 cm³/mol. The third-order valence-corrected chi connectivity index (χ3v) is 6.82. The number of amides is 1. The van der Waals surface area contributed by atoms with E-state index >= 15 is 0 Å². The molecule has 1 N–H and O–H groups in total. The smallest absolute Gasteiger partial charge is 0.264 e. The number of nitrogens with one attached hydrogen (secondary N) is 1. The average Bonchev–Trinajstić information content (AvgIpc) is 2.74. The third-order valence-electron chi connectivity index (χ3n) is 4.31. The second-order valence-electron chi connectivity index (χ2n) is 6.62. The summed E-state index contributed by atoms with van der Waals surface area (Å²) in [7, 11) is -4.07. The van der Waals surface area contributed by atoms with Gasteiger partial charge in [0.05, 0.1) is 16.8 Å². The Balaban J connectivity index is 1.84. The number of sulfonamides is 1. The van der Waals surface area contributed by atoms with E-state index in [1.807, 2.05) is 25.1 Å². The van der Waals surface area contributed by atoms with Gasteiger partial charge in [0.2, 0.25) is 0 Å². The lowest BCUT2D eigenvalue weighted by Gasteiger charge is -2.23. The summed E-state index contributed by atoms with van der Waals surface area (Å²) < 4.78 is 41.5. The van der Waals surface area contributed by atoms with Crippen molar-refractivity contribution < 1.29 is 17.6 Å². The standard InChI is InChI=1S/C22H19BrFN3O3S/c1-16-6-12-20(13-7-16)31(29,30)27(19-10-8-18(24)9-11-19)15-22(28)26-25-14-17-4-2-3-5-21(17)23/h2-14H,15H2,1H3,(H,26,28)/b25-14-. The molecule has 0 unspecified atom stereocenters. The van der Waals surface area contributed by atoms with Crippen molar-refractivity contribution in [2.75, 3.05) is 10.8 Å². The normalized spacial score (nSPS) is 11.5. The number of rotatable bonds is 7. The minimum Gasteiger partial charge on any atom is -0.271 e. The quantitative estimate of drug-likeness (QED) is 0.386. The van der Waals surface area contributed by atoms with Gasteiger partial charge in [0.1, 0.15) is 12.4 Å². The lowest BCUT2D eigenvalue weighted by atomic mass is 10.2. The molecule has 0 aliphatic heterocycles. The second-order valence-corrected chi connectivity index (χ2v) is 9.33. The molecule has 0 radical (unpaired) electrons. The largest absolute Gasteiger partial charge is 0.271 e. The number of halogens is 2. The van der Waals surface area contributed by atoms with Crippen molar-refractivity contribution in [3.8, 4) is 0 Å². The van der Waals surface area contributed by atoms with Crippen molar-refractivity contribution >= 4 is 43.8 Å². The van der Waals surface area contributed by atoms with E-state index in [2.05, 4.69) is 26.5 Å². The Morgan fingerprint density at radius 1 is 1.06 bits per heavy atom. The molecule has 0 fully saturated rings. The van der Waals surface area contributed by atoms with Gasteiger partial charge in [-0.2, -0.15) is 5.10 Å². The minimum absolute atomic E-state index is 0.0203. The Morgan fingerprint density at radius 3 is 2.35 bits per heavy atom. The summed E-state index contributed by atoms with van der Waals surface area (Å²) in [5.74, 6) is -1.16. The molecule has 0 aliphatic carbocycles. The van der Waals surface area contributed by atoms with Crippen molar-refractivity contribution in [2.45, 2.75) is 11.8 Å². The molecule has 0 atom stereocenters. The van der Waals surface area contributed by atoms with Crippen LogP contribution in [0.4, 0.5) is 10.1 Å². The van der Waals surface area contributed by atoms with Gasteiger partial charge in [-0.05, 0) is 49.4 Å². The van der Waals surface area contributed by atoms with Crippen LogP contribution in [0.5, 0.6) is 0 Å². The van der Waals surface area contributed by atoms with Crippen LogP contribution < -0.4 is 9.73 Å². The van der Waals surface area contributed by atoms with E-state index in [1.54, 1.807) is 18.2 Å². The van der Waals surface area contributed by atoms with Gasteiger partial charge in [0.15, 0.2) is 0 Å². The van der Waals surface area contributed by atoms with E-state index in [1.165, 1.54) is 30.5 Å². The molecule has 0 heterocycles. The Morgan fingerprint density at radius 2 is 1.71 bits per heavy atom. The molecule has 31 heavy (non-hydrogen) atoms. The Kier molecular flexibility index (Phi) is 7.19. The first-order valence-electron chi connectivity index (χ1n) is 9.19. The maximum atomic E-state index is 13.4. The van der Waals surface area contributed by atoms with E-state index in [-0.39, 0.29) is 10.6 Å². The number of carbonyl (C=O) groups is 1. The molecule has 0 aromatic heterocycles. The van der Waals surface area contributed by atoms with Gasteiger partial charge in [0.25, 0.3) is 15.9 Å². The molecule has 0 bridgehead atoms. The lowest BCUT2D eigenvalue weighted by Crippen LogP contribution is -2.39. The van der Waals surface area contributed by atoms with Crippen molar-refractivity contribution in [3.05, 3.63) is 94.2 Å². The summed E-state index contributed by atoms with van der Waals surface area (Å²) in [6, 6.07) is 18.4. The second kappa shape index (κ2) is 9.84. The molecule has 3 aromatic rings. The first-order chi connectivity index (χ1) is 14.8. The first-order valence-corrected chi connectivity index (χ1v) is 11.4. The van der Waals surface area contributed by atoms with Gasteiger partial charge < -0.3 is 0 Å². The maximum Gasteiger partial charge on any atom is 0.264 e. The molecular weight excluding hydrogens is 485 g/mol. The summed E-state index contributed by atoms with van der Waals surface area (Å²) in [4.78, 5) is 12.5. The van der Waals surface area contributed by atoms with Crippen LogP contribution >= 0.6 is 15.9 Å². The molecule has 3 aromatic carbocycles. The van der Waals surface area contributed by atoms with Crippen molar-refractivity contribution in [1.82, 2.24) is 5.43 Å². The van der Waals surface area contributed by atoms with Crippen molar-refractivity contribution in [1.29, 1.82) is 0 Å². The van der Waals surface area contributed by atoms with Gasteiger partial charge >= 0.3 is 0 Å². The summed E-state index contributed by atoms with van der Waals surface area (Å²) in [6.45, 7) is 1.31. The van der Waals surface area contributed by atoms with Crippen LogP contribution in [0.3, 0.4) is 0 Å². The number of carbonyl (C=O) groups excluding carboxylic acids is 1. The molecule has 0 saturated heterocycles. The summed E-state index contributed by atoms with van der Waals surface area (Å²) in [5.41, 5.74) is 4.13. The highest BCUT2D eigenvalue weighted by molar-refractivity contribution is 9.10. The van der Waals surface area contributed by atoms with Gasteiger partial charge in [0, 0.05) is 10.0 Å². The predicted octanol–water partition coefficient (Wildman–Crippen LogP) is 4.24. The van der Waals surface area contributed by atoms with E-state index in [0.29, 0.717) is 0 Å². The number of hydrogen-bond acceptors (Lipinski definition) is 4. The minimum atomic E-state index is -4.07. The first kappa shape index (κ1) is 22.6. The van der Waals surface area contributed by atoms with Crippen LogP contribution in [0.1, 0.15) is 11.1 Å². The van der Waals surface area contributed by atoms with Gasteiger partial charge in [-0.1, -0.05) is 51.8 Å². The average molecular weight is 504 g/mol. The van der Waals surface area contributed by atoms with Crippen LogP contribution in [-0.4, -0.2) is 27.1 Å². The fourth-order valence-electron chi connectivity index (χ4n) is 2.68. The molecule has 0 spiro atoms. The zero-order valence-corrected chi connectivity index (χ0v) is 18.9. The van der Waals surface area contributed by atoms with Gasteiger partial charge in [-0.25, -0.2) is 18.2 Å². The molecule has 9 heteroatoms. The third kappa shape index (κ3) is 5.77. The zero-order valence-electron chi connectivity index (χ0n) is 16.5. The molecule has 1 amide bonds. The van der Waals surface area contributed by atoms with Crippen LogP contribution in [0, 0.1) is 12.7 Å². The van der Waals surface area contributed by atoms with E-state index in [9.17, 15) is 17.6 Å². The van der Waals surface area contributed by atoms with E-state index < -0.39 is 28.3 Å². The topological polar surface area (TPSA) is 78.8 Å². The number of hydrogen-bond donors (Lipinski definition) is 1. The molecule has 160 valence electrons. The zero-order chi connectivity index (χ0) is 22.4. The van der Waals surface area contributed by atoms with E-state index in [4.69, 9.17) is 0 Å². The molecule has 6 nitrogen and oxygen atoms in total. The Bertz CT molecular complexity index is 1200. The van der Waals surface area contributed by atoms with Crippen LogP contribution in [-0.2, 0) is 14.8 Å². The lowest BCUT2D eigenvalue weighted by molar-refractivity contribution is -0.119. The fraction of sp³-hybridized carbons (Fsp3) is 0.0909. The molecule has 3 rings (SSSR count). The van der Waals surface area contributed by atoms with Crippen molar-refractivity contribution in [2.24, 2.45) is 5.10 Å². The fourth-order valence-corrected chi connectivity index (χ4v) is 4.49. The SMILES string of the molecule is Cc1ccc(S(=O)(=O)N(CC(=O)N/N=C\c2ccccc2Br)c2ccc(F)cc2)cc1. The van der Waals surface area contributed by atoms with Crippen molar-refractivity contribution in [3.63, 3.8) is 0 Å². The number of aryl methyl sites for hydroxylation is 1. The molecule has 0 saturated carbocycles. The Labute approximate surface area is 188 Å². The number of nitrogens with zero attached hydrogens (tertiary/aromatic N) is 2. The highest BCUT2D eigenvalue weighted by Crippen LogP contribution is 2.24. The van der Waals surface area contributed by atoms with Crippen LogP contribution in [0.25, 0.3) is 0 Å². The Hall–Kier alpha value is -3.04. The van der Waals surface area contributed by atoms with Crippen LogP contribution in [0.2, 0.25) is 0 Å². The maximum absolute atomic E-state index is 13.4. The number of benzene rings is 3. The molecular formula is C22H19BrFN3O3S. The highest BCUT2D eigenvalue weighted by atomic mass is 79.9. The number of anilines is 1. The van der Waals surface area contributed by atoms with E-state index in [0.717, 1.165) is 32.0 Å².